The van der Waals surface area contributed by atoms with Crippen molar-refractivity contribution in [3.8, 4) is 11.5 Å². The number of ether oxygens (including phenoxy) is 2. The van der Waals surface area contributed by atoms with Gasteiger partial charge in [0.1, 0.15) is 22.8 Å². The van der Waals surface area contributed by atoms with E-state index in [1.165, 1.54) is 36.1 Å². The minimum absolute atomic E-state index is 0.0217. The maximum atomic E-state index is 14.1. The zero-order chi connectivity index (χ0) is 49.5. The van der Waals surface area contributed by atoms with Gasteiger partial charge < -0.3 is 29.8 Å². The van der Waals surface area contributed by atoms with Crippen LogP contribution in [0.15, 0.2) is 90.1 Å². The molecule has 5 heterocycles. The molecule has 0 bridgehead atoms. The Bertz CT molecular complexity index is 2840. The van der Waals surface area contributed by atoms with Crippen molar-refractivity contribution in [1.82, 2.24) is 24.5 Å². The lowest BCUT2D eigenvalue weighted by Crippen LogP contribution is -2.61. The van der Waals surface area contributed by atoms with Gasteiger partial charge in [-0.1, -0.05) is 38.1 Å². The third kappa shape index (κ3) is 10.7. The number of sulfonamides is 1. The number of H-pyrrole nitrogens is 1. The predicted molar refractivity (Wildman–Crippen MR) is 274 cm³/mol. The molecule has 71 heavy (non-hydrogen) atoms. The normalized spacial score (nSPS) is 23.7. The van der Waals surface area contributed by atoms with Crippen LogP contribution in [0.5, 0.6) is 11.5 Å². The summed E-state index contributed by atoms with van der Waals surface area (Å²) in [6.07, 6.45) is 12.7. The first-order valence-corrected chi connectivity index (χ1v) is 27.1. The molecule has 2 saturated carbocycles. The fourth-order valence-electron chi connectivity index (χ4n) is 12.1. The lowest BCUT2D eigenvalue weighted by Gasteiger charge is -2.59. The van der Waals surface area contributed by atoms with E-state index < -0.39 is 37.0 Å². The van der Waals surface area contributed by atoms with Gasteiger partial charge in [-0.3, -0.25) is 24.7 Å². The lowest BCUT2D eigenvalue weighted by molar-refractivity contribution is -0.384. The van der Waals surface area contributed by atoms with Crippen LogP contribution in [-0.4, -0.2) is 114 Å². The van der Waals surface area contributed by atoms with Crippen LogP contribution in [-0.2, 0) is 14.8 Å². The first kappa shape index (κ1) is 49.0. The summed E-state index contributed by atoms with van der Waals surface area (Å²) in [7, 11) is -4.58. The van der Waals surface area contributed by atoms with Crippen molar-refractivity contribution >= 4 is 44.0 Å². The maximum absolute atomic E-state index is 14.1. The highest BCUT2D eigenvalue weighted by atomic mass is 32.2. The quantitative estimate of drug-likeness (QED) is 0.0608. The van der Waals surface area contributed by atoms with Gasteiger partial charge in [-0.05, 0) is 136 Å². The number of benzene rings is 3. The predicted octanol–water partition coefficient (Wildman–Crippen LogP) is 9.15. The van der Waals surface area contributed by atoms with Crippen LogP contribution in [0, 0.1) is 21.4 Å². The number of nitrogens with one attached hydrogen (secondary N) is 3. The van der Waals surface area contributed by atoms with E-state index in [1.807, 2.05) is 19.1 Å². The van der Waals surface area contributed by atoms with Gasteiger partial charge in [0.2, 0.25) is 0 Å². The van der Waals surface area contributed by atoms with Crippen LogP contribution < -0.4 is 19.7 Å². The lowest BCUT2D eigenvalue weighted by atomic mass is 9.59. The number of pyridine rings is 1. The van der Waals surface area contributed by atoms with Gasteiger partial charge >= 0.3 is 0 Å². The molecule has 0 radical (unpaired) electrons. The summed E-state index contributed by atoms with van der Waals surface area (Å²) < 4.78 is 42.0. The van der Waals surface area contributed by atoms with Crippen molar-refractivity contribution in [3.05, 3.63) is 112 Å². The number of piperidine rings is 1. The number of carbonyl (C=O) groups is 1. The molecule has 3 aromatic carbocycles. The molecule has 10 rings (SSSR count). The molecule has 1 atom stereocenters. The van der Waals surface area contributed by atoms with Crippen LogP contribution in [0.1, 0.15) is 118 Å². The number of aliphatic hydroxyl groups is 1. The highest BCUT2D eigenvalue weighted by Crippen LogP contribution is 2.53. The number of amides is 1. The van der Waals surface area contributed by atoms with Crippen molar-refractivity contribution in [2.45, 2.75) is 120 Å². The molecule has 1 spiro atoms. The van der Waals surface area contributed by atoms with E-state index in [0.29, 0.717) is 54.8 Å². The van der Waals surface area contributed by atoms with E-state index in [2.05, 4.69) is 72.8 Å². The number of hydrogen-bond acceptors (Lipinski definition) is 13. The third-order valence-electron chi connectivity index (χ3n) is 16.4. The summed E-state index contributed by atoms with van der Waals surface area (Å²) >= 11 is 0. The van der Waals surface area contributed by atoms with Gasteiger partial charge in [0.25, 0.3) is 21.6 Å². The highest BCUT2D eigenvalue weighted by molar-refractivity contribution is 7.90. The van der Waals surface area contributed by atoms with E-state index in [4.69, 9.17) is 9.47 Å². The summed E-state index contributed by atoms with van der Waals surface area (Å²) in [4.78, 5) is 40.7. The zero-order valence-corrected chi connectivity index (χ0v) is 42.0. The van der Waals surface area contributed by atoms with E-state index in [-0.39, 0.29) is 28.3 Å². The summed E-state index contributed by atoms with van der Waals surface area (Å²) in [6.45, 7) is 13.4. The van der Waals surface area contributed by atoms with E-state index in [1.54, 1.807) is 30.6 Å². The number of hydrogen-bond donors (Lipinski definition) is 4. The molecule has 2 aliphatic carbocycles. The van der Waals surface area contributed by atoms with Crippen molar-refractivity contribution < 1.29 is 32.7 Å². The number of nitrogens with zero attached hydrogens (tertiary/aromatic N) is 5. The number of carbonyl (C=O) groups excluding carboxylic acids is 1. The number of aromatic amines is 1. The maximum Gasteiger partial charge on any atom is 0.293 e. The number of nitro groups is 1. The molecule has 16 nitrogen and oxygen atoms in total. The monoisotopic (exact) mass is 988 g/mol. The average molecular weight is 989 g/mol. The molecule has 4 N–H and O–H groups in total. The molecular formula is C54H68N8O8S. The minimum Gasteiger partial charge on any atom is -0.455 e. The number of aromatic nitrogens is 2. The number of piperazine rings is 1. The van der Waals surface area contributed by atoms with Crippen molar-refractivity contribution in [2.75, 3.05) is 62.7 Å². The molecule has 3 aliphatic heterocycles. The molecule has 2 aromatic heterocycles. The van der Waals surface area contributed by atoms with Crippen molar-refractivity contribution in [3.63, 3.8) is 0 Å². The average Bonchev–Trinajstić information content (AvgIpc) is 3.83. The molecule has 3 saturated heterocycles. The Morgan fingerprint density at radius 2 is 1.72 bits per heavy atom. The van der Waals surface area contributed by atoms with E-state index in [9.17, 15) is 28.4 Å². The number of anilines is 2. The van der Waals surface area contributed by atoms with Gasteiger partial charge in [0.05, 0.1) is 27.2 Å². The number of rotatable bonds is 14. The number of fused-ring (bicyclic) bond motifs is 1. The van der Waals surface area contributed by atoms with Gasteiger partial charge in [0.15, 0.2) is 0 Å². The second kappa shape index (κ2) is 20.1. The fourth-order valence-corrected chi connectivity index (χ4v) is 13.1. The first-order chi connectivity index (χ1) is 34.1. The summed E-state index contributed by atoms with van der Waals surface area (Å²) in [5.41, 5.74) is 3.72. The smallest absolute Gasteiger partial charge is 0.293 e. The standard InChI is InChI=1S/C54H68N8O8S/c1-36(2)44-6-4-5-7-45(44)49-35-60(39-15-26-69-27-16-39)24-25-61(49)41-31-54(32-41)19-22-59(23-20-54)40-8-10-46(50(29-40)70-42-28-38-14-21-55-51(38)57-34-42)52(63)58-71(67,68)43-9-11-47(48(30-43)62(65)66)56-33-37-12-17-53(3,64)18-13-37/h4-11,14,21,28-30,34,36-37,39,41,49,56,64H,12-13,15-20,22-27,31-33,35H2,1-3H3,(H,55,57)(H,58,63)/t37-,49?,53-. The topological polar surface area (TPSA) is 195 Å². The summed E-state index contributed by atoms with van der Waals surface area (Å²) in [5, 5.41) is 26.5. The van der Waals surface area contributed by atoms with Gasteiger partial charge in [-0.25, -0.2) is 18.1 Å². The Labute approximate surface area is 416 Å². The minimum atomic E-state index is -4.58. The molecular weight excluding hydrogens is 921 g/mol. The Hall–Kier alpha value is -5.59. The van der Waals surface area contributed by atoms with Crippen LogP contribution in [0.3, 0.4) is 0 Å². The Balaban J connectivity index is 0.834. The molecule has 5 fully saturated rings. The van der Waals surface area contributed by atoms with Crippen LogP contribution in [0.2, 0.25) is 0 Å². The molecule has 5 aromatic rings. The Morgan fingerprint density at radius 1 is 0.958 bits per heavy atom. The SMILES string of the molecule is CC(C)c1ccccc1C1CN(C2CCOCC2)CCN1C1CC2(CCN(c3ccc(C(=O)NS(=O)(=O)c4ccc(NC[C@H]5CC[C@](C)(O)CC5)c([N+](=O)[O-])c4)c(Oc4cnc5[nH]ccc5c4)c3)CC2)C1. The van der Waals surface area contributed by atoms with Crippen molar-refractivity contribution in [1.29, 1.82) is 0 Å². The van der Waals surface area contributed by atoms with E-state index >= 15 is 0 Å². The second-order valence-corrected chi connectivity index (χ2v) is 23.2. The zero-order valence-electron chi connectivity index (χ0n) is 41.1. The number of nitro benzene ring substituents is 1. The third-order valence-corrected chi connectivity index (χ3v) is 17.7. The van der Waals surface area contributed by atoms with Crippen LogP contribution in [0.25, 0.3) is 11.0 Å². The van der Waals surface area contributed by atoms with Gasteiger partial charge in [0, 0.05) is 100 Å². The largest absolute Gasteiger partial charge is 0.455 e. The molecule has 1 unspecified atom stereocenters. The van der Waals surface area contributed by atoms with Gasteiger partial charge in [-0.2, -0.15) is 0 Å². The van der Waals surface area contributed by atoms with Crippen LogP contribution >= 0.6 is 0 Å². The summed E-state index contributed by atoms with van der Waals surface area (Å²) in [6, 6.07) is 23.0. The highest BCUT2D eigenvalue weighted by Gasteiger charge is 2.50. The first-order valence-electron chi connectivity index (χ1n) is 25.6. The molecule has 378 valence electrons. The molecule has 17 heteroatoms. The summed E-state index contributed by atoms with van der Waals surface area (Å²) in [5.74, 6) is 0.222. The fraction of sp³-hybridized carbons (Fsp3) is 0.519. The Morgan fingerprint density at radius 3 is 2.46 bits per heavy atom. The van der Waals surface area contributed by atoms with E-state index in [0.717, 1.165) is 102 Å². The second-order valence-electron chi connectivity index (χ2n) is 21.5. The van der Waals surface area contributed by atoms with Gasteiger partial charge in [-0.15, -0.1) is 0 Å². The molecule has 1 amide bonds. The Kier molecular flexibility index (Phi) is 13.9. The van der Waals surface area contributed by atoms with Crippen molar-refractivity contribution in [2.24, 2.45) is 11.3 Å². The van der Waals surface area contributed by atoms with Crippen LogP contribution in [0.4, 0.5) is 17.1 Å². The molecule has 5 aliphatic rings.